The van der Waals surface area contributed by atoms with E-state index in [1.807, 2.05) is 0 Å². The van der Waals surface area contributed by atoms with Gasteiger partial charge in [0.25, 0.3) is 0 Å². The maximum Gasteiger partial charge on any atom is 1.00 e. The van der Waals surface area contributed by atoms with Crippen molar-refractivity contribution in [2.75, 3.05) is 0 Å². The van der Waals surface area contributed by atoms with E-state index in [1.165, 1.54) is 6.92 Å². The van der Waals surface area contributed by atoms with Crippen molar-refractivity contribution < 1.29 is 53.8 Å². The van der Waals surface area contributed by atoms with Crippen molar-refractivity contribution in [1.29, 1.82) is 0 Å². The fraction of sp³-hybridized carbons (Fsp3) is 0.875. The summed E-state index contributed by atoms with van der Waals surface area (Å²) < 4.78 is 0. The maximum atomic E-state index is 10.7. The predicted molar refractivity (Wildman–Crippen MR) is 53.2 cm³/mol. The minimum atomic E-state index is -4.25. The molecule has 0 saturated carbocycles. The third kappa shape index (κ3) is 7.74. The number of rotatable bonds is 6. The van der Waals surface area contributed by atoms with E-state index in [2.05, 4.69) is 0 Å². The van der Waals surface area contributed by atoms with Gasteiger partial charge in [0.15, 0.2) is 0 Å². The van der Waals surface area contributed by atoms with Crippen molar-refractivity contribution in [3.63, 3.8) is 0 Å². The van der Waals surface area contributed by atoms with E-state index in [0.717, 1.165) is 0 Å². The molecule has 0 bridgehead atoms. The smallest absolute Gasteiger partial charge is 0.550 e. The van der Waals surface area contributed by atoms with Crippen molar-refractivity contribution in [1.82, 2.24) is 0 Å². The average molecular weight is 259 g/mol. The summed E-state index contributed by atoms with van der Waals surface area (Å²) in [6.45, 7) is 3.05. The van der Waals surface area contributed by atoms with E-state index in [-0.39, 0.29) is 48.4 Å². The van der Waals surface area contributed by atoms with Gasteiger partial charge >= 0.3 is 38.4 Å². The Balaban J connectivity index is 0. The molecule has 5 N–H and O–H groups in total. The third-order valence-electron chi connectivity index (χ3n) is 2.29. The van der Waals surface area contributed by atoms with Crippen LogP contribution in [0.3, 0.4) is 0 Å². The SMILES string of the molecule is C[C@@H](N)C[C@H](C[C@H](C)[Si](O)(O)O)C(=O)[O-].[Na+]. The van der Waals surface area contributed by atoms with Crippen molar-refractivity contribution in [3.8, 4) is 0 Å². The average Bonchev–Trinajstić information content (AvgIpc) is 1.99. The molecule has 0 spiro atoms. The number of nitrogens with two attached hydrogens (primary N) is 1. The van der Waals surface area contributed by atoms with Gasteiger partial charge in [0, 0.05) is 23.5 Å². The van der Waals surface area contributed by atoms with Crippen LogP contribution >= 0.6 is 0 Å². The van der Waals surface area contributed by atoms with Gasteiger partial charge < -0.3 is 30.0 Å². The van der Waals surface area contributed by atoms with E-state index < -0.39 is 26.2 Å². The summed E-state index contributed by atoms with van der Waals surface area (Å²) in [7, 11) is -4.25. The molecule has 8 heteroatoms. The quantitative estimate of drug-likeness (QED) is 0.353. The number of hydrogen-bond acceptors (Lipinski definition) is 6. The van der Waals surface area contributed by atoms with Crippen LogP contribution in [0.4, 0.5) is 0 Å². The minimum absolute atomic E-state index is 0. The molecule has 0 fully saturated rings. The summed E-state index contributed by atoms with van der Waals surface area (Å²) in [4.78, 5) is 37.6. The Morgan fingerprint density at radius 1 is 1.31 bits per heavy atom. The van der Waals surface area contributed by atoms with Crippen LogP contribution in [0.5, 0.6) is 0 Å². The number of aliphatic carboxylic acids is 1. The van der Waals surface area contributed by atoms with E-state index in [1.54, 1.807) is 6.92 Å². The van der Waals surface area contributed by atoms with Crippen LogP contribution in [0.2, 0.25) is 5.54 Å². The maximum absolute atomic E-state index is 10.7. The fourth-order valence-corrected chi connectivity index (χ4v) is 1.92. The number of carboxylic acid groups (broad SMARTS) is 1. The van der Waals surface area contributed by atoms with Crippen molar-refractivity contribution in [2.45, 2.75) is 38.3 Å². The van der Waals surface area contributed by atoms with Crippen LogP contribution in [0.1, 0.15) is 26.7 Å². The summed E-state index contributed by atoms with van der Waals surface area (Å²) in [5.74, 6) is -2.14. The molecule has 0 aromatic rings. The van der Waals surface area contributed by atoms with E-state index in [0.29, 0.717) is 0 Å². The molecule has 0 aromatic heterocycles. The molecular formula is C8H18NNaO5Si. The molecule has 0 aliphatic heterocycles. The number of carboxylic acids is 1. The van der Waals surface area contributed by atoms with Crippen LogP contribution in [-0.2, 0) is 4.79 Å². The summed E-state index contributed by atoms with van der Waals surface area (Å²) in [6.07, 6.45) is 0.150. The van der Waals surface area contributed by atoms with Gasteiger partial charge in [-0.2, -0.15) is 0 Å². The number of carbonyl (C=O) groups excluding carboxylic acids is 1. The van der Waals surface area contributed by atoms with Crippen LogP contribution in [0.15, 0.2) is 0 Å². The zero-order chi connectivity index (χ0) is 12.2. The Kier molecular flexibility index (Phi) is 9.18. The molecule has 0 heterocycles. The first-order chi connectivity index (χ1) is 6.64. The second kappa shape index (κ2) is 7.78. The van der Waals surface area contributed by atoms with Gasteiger partial charge in [-0.3, -0.25) is 0 Å². The Hall–Kier alpha value is 0.527. The van der Waals surface area contributed by atoms with Crippen LogP contribution in [0, 0.1) is 5.92 Å². The zero-order valence-corrected chi connectivity index (χ0v) is 12.9. The molecule has 0 radical (unpaired) electrons. The summed E-state index contributed by atoms with van der Waals surface area (Å²) >= 11 is 0. The molecular weight excluding hydrogens is 241 g/mol. The van der Waals surface area contributed by atoms with E-state index >= 15 is 0 Å². The monoisotopic (exact) mass is 259 g/mol. The molecule has 0 rings (SSSR count). The molecule has 90 valence electrons. The predicted octanol–water partition coefficient (Wildman–Crippen LogP) is -5.21. The molecule has 0 saturated heterocycles. The summed E-state index contributed by atoms with van der Waals surface area (Å²) in [5, 5.41) is 10.7. The van der Waals surface area contributed by atoms with Gasteiger partial charge in [0.2, 0.25) is 0 Å². The molecule has 16 heavy (non-hydrogen) atoms. The summed E-state index contributed by atoms with van der Waals surface area (Å²) in [6, 6.07) is -0.313. The largest absolute Gasteiger partial charge is 1.00 e. The number of carbonyl (C=O) groups is 1. The summed E-state index contributed by atoms with van der Waals surface area (Å²) in [5.41, 5.74) is 4.60. The second-order valence-corrected chi connectivity index (χ2v) is 6.41. The third-order valence-corrected chi connectivity index (χ3v) is 3.85. The van der Waals surface area contributed by atoms with Crippen LogP contribution in [0.25, 0.3) is 0 Å². The first-order valence-corrected chi connectivity index (χ1v) is 6.70. The first kappa shape index (κ1) is 18.9. The standard InChI is InChI=1S/C8H19NO5Si.Na/c1-5(9)3-7(8(10)11)4-6(2)15(12,13)14;/h5-7,12-14H,3-4,9H2,1-2H3,(H,10,11);/q;+1/p-1/t5-,6+,7-;/m1./s1. The Bertz CT molecular complexity index is 221. The molecule has 0 aliphatic carbocycles. The molecule has 0 aromatic carbocycles. The van der Waals surface area contributed by atoms with Gasteiger partial charge in [-0.25, -0.2) is 0 Å². The van der Waals surface area contributed by atoms with Gasteiger partial charge in [-0.1, -0.05) is 6.92 Å². The Labute approximate surface area is 118 Å². The van der Waals surface area contributed by atoms with E-state index in [4.69, 9.17) is 20.1 Å². The Morgan fingerprint density at radius 2 is 1.75 bits per heavy atom. The molecule has 6 nitrogen and oxygen atoms in total. The minimum Gasteiger partial charge on any atom is -0.550 e. The molecule has 0 amide bonds. The van der Waals surface area contributed by atoms with Gasteiger partial charge in [0.1, 0.15) is 0 Å². The fourth-order valence-electron chi connectivity index (χ4n) is 1.32. The van der Waals surface area contributed by atoms with Gasteiger partial charge in [-0.15, -0.1) is 0 Å². The normalized spacial score (nSPS) is 17.1. The van der Waals surface area contributed by atoms with Crippen LogP contribution < -0.4 is 40.4 Å². The first-order valence-electron chi connectivity index (χ1n) is 4.78. The van der Waals surface area contributed by atoms with Crippen molar-refractivity contribution >= 4 is 14.8 Å². The van der Waals surface area contributed by atoms with Crippen molar-refractivity contribution in [2.24, 2.45) is 11.7 Å². The van der Waals surface area contributed by atoms with E-state index in [9.17, 15) is 9.90 Å². The topological polar surface area (TPSA) is 127 Å². The van der Waals surface area contributed by atoms with Crippen molar-refractivity contribution in [3.05, 3.63) is 0 Å². The second-order valence-electron chi connectivity index (χ2n) is 4.05. The van der Waals surface area contributed by atoms with Crippen LogP contribution in [-0.4, -0.2) is 35.2 Å². The molecule has 3 atom stereocenters. The molecule has 0 aliphatic rings. The Morgan fingerprint density at radius 3 is 2.00 bits per heavy atom. The number of hydrogen-bond donors (Lipinski definition) is 4. The zero-order valence-electron chi connectivity index (χ0n) is 9.88. The molecule has 0 unspecified atom stereocenters. The van der Waals surface area contributed by atoms with Gasteiger partial charge in [0.05, 0.1) is 0 Å². The van der Waals surface area contributed by atoms with Gasteiger partial charge in [-0.05, 0) is 19.8 Å².